The highest BCUT2D eigenvalue weighted by Gasteiger charge is 2.26. The van der Waals surface area contributed by atoms with Gasteiger partial charge in [-0.2, -0.15) is 0 Å². The SMILES string of the molecule is Cc1nnc2ccc(S(=O)(=O)N(Cc3cccc(Cl)c3)c3ccc(F)cc3)cn12. The Hall–Kier alpha value is -2.97. The maximum atomic E-state index is 13.5. The van der Waals surface area contributed by atoms with Crippen molar-refractivity contribution in [2.45, 2.75) is 18.4 Å². The van der Waals surface area contributed by atoms with Crippen LogP contribution in [-0.2, 0) is 16.6 Å². The van der Waals surface area contributed by atoms with E-state index in [0.717, 1.165) is 0 Å². The molecule has 29 heavy (non-hydrogen) atoms. The molecular formula is C20H16ClFN4O2S. The van der Waals surface area contributed by atoms with Gasteiger partial charge < -0.3 is 0 Å². The van der Waals surface area contributed by atoms with E-state index in [-0.39, 0.29) is 11.4 Å². The minimum absolute atomic E-state index is 0.0354. The van der Waals surface area contributed by atoms with Crippen molar-refractivity contribution in [3.63, 3.8) is 0 Å². The van der Waals surface area contributed by atoms with E-state index in [1.165, 1.54) is 40.8 Å². The molecule has 0 radical (unpaired) electrons. The molecule has 4 aromatic rings. The van der Waals surface area contributed by atoms with Crippen molar-refractivity contribution in [3.8, 4) is 0 Å². The Morgan fingerprint density at radius 3 is 2.55 bits per heavy atom. The van der Waals surface area contributed by atoms with E-state index in [1.807, 2.05) is 0 Å². The molecule has 2 aromatic heterocycles. The van der Waals surface area contributed by atoms with Crippen LogP contribution in [0.25, 0.3) is 5.65 Å². The average molecular weight is 431 g/mol. The van der Waals surface area contributed by atoms with Gasteiger partial charge in [0, 0.05) is 11.2 Å². The Morgan fingerprint density at radius 1 is 1.07 bits per heavy atom. The maximum Gasteiger partial charge on any atom is 0.266 e. The lowest BCUT2D eigenvalue weighted by atomic mass is 10.2. The van der Waals surface area contributed by atoms with E-state index in [0.29, 0.717) is 27.7 Å². The van der Waals surface area contributed by atoms with Crippen LogP contribution in [0.5, 0.6) is 0 Å². The van der Waals surface area contributed by atoms with Crippen LogP contribution in [-0.4, -0.2) is 23.0 Å². The third kappa shape index (κ3) is 3.81. The Morgan fingerprint density at radius 2 is 1.83 bits per heavy atom. The van der Waals surface area contributed by atoms with E-state index in [4.69, 9.17) is 11.6 Å². The Labute approximate surface area is 172 Å². The molecule has 0 unspecified atom stereocenters. The number of hydrogen-bond donors (Lipinski definition) is 0. The van der Waals surface area contributed by atoms with Gasteiger partial charge in [-0.05, 0) is 61.0 Å². The molecule has 0 bridgehead atoms. The molecule has 0 aliphatic heterocycles. The second kappa shape index (κ2) is 7.46. The summed E-state index contributed by atoms with van der Waals surface area (Å²) in [6.07, 6.45) is 1.48. The van der Waals surface area contributed by atoms with E-state index in [9.17, 15) is 12.8 Å². The first-order chi connectivity index (χ1) is 13.8. The van der Waals surface area contributed by atoms with Gasteiger partial charge in [0.25, 0.3) is 10.0 Å². The zero-order chi connectivity index (χ0) is 20.6. The molecule has 148 valence electrons. The number of pyridine rings is 1. The Balaban J connectivity index is 1.83. The Kier molecular flexibility index (Phi) is 4.97. The van der Waals surface area contributed by atoms with Crippen LogP contribution in [0.4, 0.5) is 10.1 Å². The van der Waals surface area contributed by atoms with Gasteiger partial charge >= 0.3 is 0 Å². The van der Waals surface area contributed by atoms with Crippen LogP contribution in [0.15, 0.2) is 71.8 Å². The highest BCUT2D eigenvalue weighted by Crippen LogP contribution is 2.27. The predicted octanol–water partition coefficient (Wildman–Crippen LogP) is 4.23. The van der Waals surface area contributed by atoms with E-state index < -0.39 is 15.8 Å². The smallest absolute Gasteiger partial charge is 0.266 e. The summed E-state index contributed by atoms with van der Waals surface area (Å²) in [4.78, 5) is 0.0688. The van der Waals surface area contributed by atoms with Crippen LogP contribution in [0.3, 0.4) is 0 Å². The van der Waals surface area contributed by atoms with Crippen LogP contribution in [0, 0.1) is 12.7 Å². The summed E-state index contributed by atoms with van der Waals surface area (Å²) in [5.41, 5.74) is 1.59. The molecule has 0 N–H and O–H groups in total. The van der Waals surface area contributed by atoms with Crippen LogP contribution in [0.1, 0.15) is 11.4 Å². The number of rotatable bonds is 5. The second-order valence-corrected chi connectivity index (χ2v) is 8.76. The summed E-state index contributed by atoms with van der Waals surface area (Å²) in [5.74, 6) is 0.121. The molecule has 4 rings (SSSR count). The first-order valence-electron chi connectivity index (χ1n) is 8.69. The molecule has 0 aliphatic carbocycles. The number of benzene rings is 2. The summed E-state index contributed by atoms with van der Waals surface area (Å²) in [7, 11) is -3.97. The highest BCUT2D eigenvalue weighted by atomic mass is 35.5. The van der Waals surface area contributed by atoms with E-state index in [1.54, 1.807) is 41.7 Å². The lowest BCUT2D eigenvalue weighted by molar-refractivity contribution is 0.589. The fraction of sp³-hybridized carbons (Fsp3) is 0.100. The summed E-state index contributed by atoms with van der Waals surface area (Å²) < 4.78 is 43.3. The monoisotopic (exact) mass is 430 g/mol. The summed E-state index contributed by atoms with van der Waals surface area (Å²) in [5, 5.41) is 8.44. The largest absolute Gasteiger partial charge is 0.285 e. The van der Waals surface area contributed by atoms with Crippen molar-refractivity contribution in [1.82, 2.24) is 14.6 Å². The topological polar surface area (TPSA) is 67.6 Å². The van der Waals surface area contributed by atoms with Gasteiger partial charge in [-0.25, -0.2) is 12.8 Å². The summed E-state index contributed by atoms with van der Waals surface area (Å²) in [6, 6.07) is 15.3. The molecule has 0 saturated carbocycles. The quantitative estimate of drug-likeness (QED) is 0.475. The third-order valence-corrected chi connectivity index (χ3v) is 6.46. The summed E-state index contributed by atoms with van der Waals surface area (Å²) >= 11 is 6.06. The van der Waals surface area contributed by atoms with Crippen molar-refractivity contribution in [1.29, 1.82) is 0 Å². The number of hydrogen-bond acceptors (Lipinski definition) is 4. The lowest BCUT2D eigenvalue weighted by Crippen LogP contribution is -2.30. The van der Waals surface area contributed by atoms with Gasteiger partial charge in [0.15, 0.2) is 5.65 Å². The van der Waals surface area contributed by atoms with Gasteiger partial charge in [-0.3, -0.25) is 8.71 Å². The number of halogens is 2. The molecule has 0 aliphatic rings. The molecule has 0 saturated heterocycles. The zero-order valence-corrected chi connectivity index (χ0v) is 16.9. The minimum atomic E-state index is -3.97. The van der Waals surface area contributed by atoms with E-state index in [2.05, 4.69) is 10.2 Å². The first kappa shape index (κ1) is 19.4. The van der Waals surface area contributed by atoms with E-state index >= 15 is 0 Å². The number of aryl methyl sites for hydroxylation is 1. The van der Waals surface area contributed by atoms with Crippen molar-refractivity contribution in [2.24, 2.45) is 0 Å². The van der Waals surface area contributed by atoms with Crippen molar-refractivity contribution < 1.29 is 12.8 Å². The molecule has 0 spiro atoms. The van der Waals surface area contributed by atoms with Crippen molar-refractivity contribution >= 4 is 33.0 Å². The summed E-state index contributed by atoms with van der Waals surface area (Å²) in [6.45, 7) is 1.77. The number of fused-ring (bicyclic) bond motifs is 1. The van der Waals surface area contributed by atoms with Crippen LogP contribution in [0.2, 0.25) is 5.02 Å². The van der Waals surface area contributed by atoms with Gasteiger partial charge in [-0.1, -0.05) is 23.7 Å². The van der Waals surface area contributed by atoms with Gasteiger partial charge in [0.05, 0.1) is 12.2 Å². The maximum absolute atomic E-state index is 13.5. The molecule has 2 heterocycles. The third-order valence-electron chi connectivity index (χ3n) is 4.46. The molecule has 0 atom stereocenters. The zero-order valence-electron chi connectivity index (χ0n) is 15.3. The molecule has 6 nitrogen and oxygen atoms in total. The lowest BCUT2D eigenvalue weighted by Gasteiger charge is -2.25. The normalized spacial score (nSPS) is 11.7. The molecular weight excluding hydrogens is 415 g/mol. The molecule has 0 amide bonds. The standard InChI is InChI=1S/C20H16ClFN4O2S/c1-14-23-24-20-10-9-19(13-25(14)20)29(27,28)26(18-7-5-17(22)6-8-18)12-15-3-2-4-16(21)11-15/h2-11,13H,12H2,1H3. The predicted molar refractivity (Wildman–Crippen MR) is 109 cm³/mol. The highest BCUT2D eigenvalue weighted by molar-refractivity contribution is 7.92. The second-order valence-electron chi connectivity index (χ2n) is 6.46. The average Bonchev–Trinajstić information content (AvgIpc) is 3.07. The first-order valence-corrected chi connectivity index (χ1v) is 10.5. The van der Waals surface area contributed by atoms with Crippen LogP contribution < -0.4 is 4.31 Å². The van der Waals surface area contributed by atoms with Crippen molar-refractivity contribution in [3.05, 3.63) is 89.1 Å². The number of aromatic nitrogens is 3. The van der Waals surface area contributed by atoms with Gasteiger partial charge in [-0.15, -0.1) is 10.2 Å². The molecule has 9 heteroatoms. The minimum Gasteiger partial charge on any atom is -0.285 e. The van der Waals surface area contributed by atoms with Crippen molar-refractivity contribution in [2.75, 3.05) is 4.31 Å². The number of anilines is 1. The fourth-order valence-corrected chi connectivity index (χ4v) is 4.65. The molecule has 0 fully saturated rings. The molecule has 2 aromatic carbocycles. The fourth-order valence-electron chi connectivity index (χ4n) is 2.99. The van der Waals surface area contributed by atoms with Gasteiger partial charge in [0.1, 0.15) is 16.5 Å². The Bertz CT molecular complexity index is 1290. The van der Waals surface area contributed by atoms with Gasteiger partial charge in [0.2, 0.25) is 0 Å². The number of sulfonamides is 1. The van der Waals surface area contributed by atoms with Crippen LogP contribution >= 0.6 is 11.6 Å². The number of nitrogens with zero attached hydrogens (tertiary/aromatic N) is 4.